The molecule has 0 radical (unpaired) electrons. The van der Waals surface area contributed by atoms with E-state index < -0.39 is 0 Å². The standard InChI is InChI=1S/C13H20N2O3S/c1-9(4-3-6-17-2)12(16)15-13-14-10-5-7-18-8-11(10)19-13/h9H,3-8H2,1-2H3,(H,14,15,16)/t9-/m1/s1. The van der Waals surface area contributed by atoms with Crippen molar-refractivity contribution in [1.29, 1.82) is 0 Å². The highest BCUT2D eigenvalue weighted by Crippen LogP contribution is 2.27. The van der Waals surface area contributed by atoms with Crippen molar-refractivity contribution >= 4 is 22.4 Å². The first kappa shape index (κ1) is 14.4. The second-order valence-electron chi connectivity index (χ2n) is 4.72. The highest BCUT2D eigenvalue weighted by Gasteiger charge is 2.18. The zero-order valence-corrected chi connectivity index (χ0v) is 12.2. The lowest BCUT2D eigenvalue weighted by atomic mass is 10.1. The molecule has 0 saturated heterocycles. The topological polar surface area (TPSA) is 60.5 Å². The van der Waals surface area contributed by atoms with Crippen LogP contribution < -0.4 is 5.32 Å². The third-order valence-electron chi connectivity index (χ3n) is 3.16. The van der Waals surface area contributed by atoms with Gasteiger partial charge in [0.2, 0.25) is 5.91 Å². The monoisotopic (exact) mass is 284 g/mol. The summed E-state index contributed by atoms with van der Waals surface area (Å²) in [6, 6.07) is 0. The number of carbonyl (C=O) groups excluding carboxylic acids is 1. The number of carbonyl (C=O) groups is 1. The molecule has 0 spiro atoms. The van der Waals surface area contributed by atoms with Gasteiger partial charge in [-0.1, -0.05) is 18.3 Å². The SMILES string of the molecule is COCCC[C@@H](C)C(=O)Nc1nc2c(s1)COCC2. The highest BCUT2D eigenvalue weighted by atomic mass is 32.1. The number of rotatable bonds is 6. The van der Waals surface area contributed by atoms with Gasteiger partial charge in [0, 0.05) is 26.1 Å². The van der Waals surface area contributed by atoms with Crippen LogP contribution in [-0.4, -0.2) is 31.2 Å². The largest absolute Gasteiger partial charge is 0.385 e. The molecule has 5 nitrogen and oxygen atoms in total. The summed E-state index contributed by atoms with van der Waals surface area (Å²) in [7, 11) is 1.67. The molecule has 1 aliphatic heterocycles. The Morgan fingerprint density at radius 3 is 3.21 bits per heavy atom. The summed E-state index contributed by atoms with van der Waals surface area (Å²) in [5, 5.41) is 3.59. The van der Waals surface area contributed by atoms with Gasteiger partial charge < -0.3 is 14.8 Å². The number of ether oxygens (including phenoxy) is 2. The molecule has 2 heterocycles. The van der Waals surface area contributed by atoms with Crippen molar-refractivity contribution in [2.75, 3.05) is 25.6 Å². The maximum absolute atomic E-state index is 12.0. The Bertz CT molecular complexity index is 410. The summed E-state index contributed by atoms with van der Waals surface area (Å²) in [4.78, 5) is 17.6. The molecule has 1 atom stereocenters. The molecule has 106 valence electrons. The molecule has 0 fully saturated rings. The third kappa shape index (κ3) is 3.99. The van der Waals surface area contributed by atoms with Crippen molar-refractivity contribution in [2.24, 2.45) is 5.92 Å². The van der Waals surface area contributed by atoms with E-state index in [4.69, 9.17) is 9.47 Å². The number of hydrogen-bond donors (Lipinski definition) is 1. The van der Waals surface area contributed by atoms with Crippen LogP contribution in [0.4, 0.5) is 5.13 Å². The Labute approximate surface area is 117 Å². The molecule has 0 aromatic carbocycles. The van der Waals surface area contributed by atoms with Gasteiger partial charge in [-0.05, 0) is 12.8 Å². The van der Waals surface area contributed by atoms with Crippen molar-refractivity contribution in [3.8, 4) is 0 Å². The smallest absolute Gasteiger partial charge is 0.228 e. The van der Waals surface area contributed by atoms with Crippen LogP contribution in [0.25, 0.3) is 0 Å². The van der Waals surface area contributed by atoms with E-state index in [1.54, 1.807) is 7.11 Å². The van der Waals surface area contributed by atoms with Crippen LogP contribution in [0.1, 0.15) is 30.3 Å². The molecule has 0 bridgehead atoms. The van der Waals surface area contributed by atoms with E-state index in [-0.39, 0.29) is 11.8 Å². The normalized spacial score (nSPS) is 15.9. The number of hydrogen-bond acceptors (Lipinski definition) is 5. The zero-order valence-electron chi connectivity index (χ0n) is 11.4. The van der Waals surface area contributed by atoms with Crippen molar-refractivity contribution in [3.05, 3.63) is 10.6 Å². The Balaban J connectivity index is 1.86. The summed E-state index contributed by atoms with van der Waals surface area (Å²) >= 11 is 1.52. The number of nitrogens with zero attached hydrogens (tertiary/aromatic N) is 1. The quantitative estimate of drug-likeness (QED) is 0.814. The molecule has 19 heavy (non-hydrogen) atoms. The minimum Gasteiger partial charge on any atom is -0.385 e. The fourth-order valence-corrected chi connectivity index (χ4v) is 2.92. The molecule has 0 aliphatic carbocycles. The summed E-state index contributed by atoms with van der Waals surface area (Å²) in [6.45, 7) is 3.96. The molecular weight excluding hydrogens is 264 g/mol. The van der Waals surface area contributed by atoms with Crippen LogP contribution in [0.5, 0.6) is 0 Å². The fourth-order valence-electron chi connectivity index (χ4n) is 1.97. The van der Waals surface area contributed by atoms with E-state index in [0.29, 0.717) is 18.3 Å². The Morgan fingerprint density at radius 1 is 1.63 bits per heavy atom. The van der Waals surface area contributed by atoms with Crippen molar-refractivity contribution in [3.63, 3.8) is 0 Å². The summed E-state index contributed by atoms with van der Waals surface area (Å²) in [6.07, 6.45) is 2.56. The van der Waals surface area contributed by atoms with Crippen LogP contribution in [0, 0.1) is 5.92 Å². The van der Waals surface area contributed by atoms with Crippen LogP contribution >= 0.6 is 11.3 Å². The first-order valence-corrected chi connectivity index (χ1v) is 7.38. The van der Waals surface area contributed by atoms with E-state index >= 15 is 0 Å². The summed E-state index contributed by atoms with van der Waals surface area (Å²) in [5.41, 5.74) is 1.07. The number of nitrogens with one attached hydrogen (secondary N) is 1. The fraction of sp³-hybridized carbons (Fsp3) is 0.692. The second-order valence-corrected chi connectivity index (χ2v) is 5.80. The predicted molar refractivity (Wildman–Crippen MR) is 74.4 cm³/mol. The average molecular weight is 284 g/mol. The van der Waals surface area contributed by atoms with Gasteiger partial charge >= 0.3 is 0 Å². The van der Waals surface area contributed by atoms with Gasteiger partial charge in [-0.3, -0.25) is 4.79 Å². The van der Waals surface area contributed by atoms with Gasteiger partial charge in [-0.25, -0.2) is 4.98 Å². The maximum atomic E-state index is 12.0. The van der Waals surface area contributed by atoms with E-state index in [9.17, 15) is 4.79 Å². The Morgan fingerprint density at radius 2 is 2.47 bits per heavy atom. The second kappa shape index (κ2) is 6.98. The average Bonchev–Trinajstić information content (AvgIpc) is 2.80. The number of methoxy groups -OCH3 is 1. The molecule has 1 amide bonds. The van der Waals surface area contributed by atoms with Gasteiger partial charge in [0.1, 0.15) is 0 Å². The van der Waals surface area contributed by atoms with Crippen molar-refractivity contribution in [1.82, 2.24) is 4.98 Å². The molecular formula is C13H20N2O3S. The molecule has 0 saturated carbocycles. The molecule has 1 aromatic heterocycles. The lowest BCUT2D eigenvalue weighted by molar-refractivity contribution is -0.119. The van der Waals surface area contributed by atoms with Gasteiger partial charge in [-0.15, -0.1) is 0 Å². The van der Waals surface area contributed by atoms with E-state index in [1.807, 2.05) is 6.92 Å². The molecule has 1 aliphatic rings. The Kier molecular flexibility index (Phi) is 5.30. The lowest BCUT2D eigenvalue weighted by Crippen LogP contribution is -2.20. The zero-order chi connectivity index (χ0) is 13.7. The molecule has 0 unspecified atom stereocenters. The minimum atomic E-state index is -0.0210. The van der Waals surface area contributed by atoms with Crippen molar-refractivity contribution in [2.45, 2.75) is 32.8 Å². The summed E-state index contributed by atoms with van der Waals surface area (Å²) < 4.78 is 10.4. The molecule has 1 aromatic rings. The molecule has 1 N–H and O–H groups in total. The van der Waals surface area contributed by atoms with Gasteiger partial charge in [-0.2, -0.15) is 0 Å². The van der Waals surface area contributed by atoms with Gasteiger partial charge in [0.25, 0.3) is 0 Å². The van der Waals surface area contributed by atoms with Crippen LogP contribution in [0.2, 0.25) is 0 Å². The number of amides is 1. The number of fused-ring (bicyclic) bond motifs is 1. The van der Waals surface area contributed by atoms with Crippen molar-refractivity contribution < 1.29 is 14.3 Å². The first-order valence-electron chi connectivity index (χ1n) is 6.57. The minimum absolute atomic E-state index is 0.0210. The lowest BCUT2D eigenvalue weighted by Gasteiger charge is -2.09. The maximum Gasteiger partial charge on any atom is 0.228 e. The Hall–Kier alpha value is -0.980. The molecule has 2 rings (SSSR count). The number of thiazole rings is 1. The van der Waals surface area contributed by atoms with Crippen LogP contribution in [0.15, 0.2) is 0 Å². The summed E-state index contributed by atoms with van der Waals surface area (Å²) in [5.74, 6) is 0.00967. The van der Waals surface area contributed by atoms with E-state index in [0.717, 1.165) is 36.4 Å². The van der Waals surface area contributed by atoms with Gasteiger partial charge in [0.15, 0.2) is 5.13 Å². The van der Waals surface area contributed by atoms with E-state index in [2.05, 4.69) is 10.3 Å². The highest BCUT2D eigenvalue weighted by molar-refractivity contribution is 7.15. The van der Waals surface area contributed by atoms with Crippen LogP contribution in [-0.2, 0) is 27.3 Å². The third-order valence-corrected chi connectivity index (χ3v) is 4.14. The predicted octanol–water partition coefficient (Wildman–Crippen LogP) is 2.22. The van der Waals surface area contributed by atoms with E-state index in [1.165, 1.54) is 11.3 Å². The first-order chi connectivity index (χ1) is 9.20. The molecule has 6 heteroatoms. The number of aromatic nitrogens is 1. The van der Waals surface area contributed by atoms with Gasteiger partial charge in [0.05, 0.1) is 23.8 Å². The van der Waals surface area contributed by atoms with Crippen LogP contribution in [0.3, 0.4) is 0 Å². The number of anilines is 1.